The summed E-state index contributed by atoms with van der Waals surface area (Å²) in [6.07, 6.45) is 4.42. The summed E-state index contributed by atoms with van der Waals surface area (Å²) in [5.74, 6) is -0.349. The van der Waals surface area contributed by atoms with Gasteiger partial charge in [0.15, 0.2) is 0 Å². The average molecular weight is 356 g/mol. The van der Waals surface area contributed by atoms with Gasteiger partial charge in [0.25, 0.3) is 0 Å². The second-order valence-corrected chi connectivity index (χ2v) is 7.01. The first-order chi connectivity index (χ1) is 11.0. The van der Waals surface area contributed by atoms with Gasteiger partial charge in [0.1, 0.15) is 0 Å². The molecule has 1 saturated heterocycles. The second kappa shape index (κ2) is 7.07. The molecule has 1 aromatic rings. The normalized spacial score (nSPS) is 27.0. The van der Waals surface area contributed by atoms with Crippen LogP contribution in [0.3, 0.4) is 0 Å². The van der Waals surface area contributed by atoms with Gasteiger partial charge >= 0.3 is 0 Å². The third kappa shape index (κ3) is 4.16. The van der Waals surface area contributed by atoms with Gasteiger partial charge in [-0.2, -0.15) is 0 Å². The number of anilines is 1. The van der Waals surface area contributed by atoms with E-state index in [1.165, 1.54) is 0 Å². The Morgan fingerprint density at radius 2 is 1.78 bits per heavy atom. The van der Waals surface area contributed by atoms with Crippen LogP contribution in [-0.4, -0.2) is 29.9 Å². The van der Waals surface area contributed by atoms with Crippen LogP contribution < -0.4 is 16.0 Å². The minimum atomic E-state index is -0.496. The van der Waals surface area contributed by atoms with Crippen LogP contribution in [0.4, 0.5) is 5.69 Å². The molecule has 124 valence electrons. The molecule has 7 heteroatoms. The monoisotopic (exact) mass is 355 g/mol. The quantitative estimate of drug-likeness (QED) is 0.780. The summed E-state index contributed by atoms with van der Waals surface area (Å²) in [4.78, 5) is 24.3. The van der Waals surface area contributed by atoms with Crippen LogP contribution in [0.15, 0.2) is 18.2 Å². The zero-order valence-electron chi connectivity index (χ0n) is 12.6. The topological polar surface area (TPSA) is 70.2 Å². The standard InChI is InChI=1S/C16H19Cl2N3O2/c17-9-5-10(18)7-11(6-9)19-15(22)8-14-16(23)21-13-4-2-1-3-12(13)20-14/h5-7,12-14,20H,1-4,8H2,(H,19,22)(H,21,23)/t12-,13-,14+/m1/s1. The first-order valence-electron chi connectivity index (χ1n) is 7.83. The highest BCUT2D eigenvalue weighted by atomic mass is 35.5. The Morgan fingerprint density at radius 3 is 2.48 bits per heavy atom. The maximum Gasteiger partial charge on any atom is 0.237 e. The molecule has 2 aliphatic rings. The number of rotatable bonds is 3. The van der Waals surface area contributed by atoms with Crippen LogP contribution in [0.25, 0.3) is 0 Å². The van der Waals surface area contributed by atoms with Crippen molar-refractivity contribution in [3.8, 4) is 0 Å². The van der Waals surface area contributed by atoms with Gasteiger partial charge in [0.2, 0.25) is 11.8 Å². The molecule has 0 unspecified atom stereocenters. The van der Waals surface area contributed by atoms with Crippen molar-refractivity contribution in [1.29, 1.82) is 0 Å². The molecule has 0 aromatic heterocycles. The molecular formula is C16H19Cl2N3O2. The molecule has 1 aliphatic heterocycles. The lowest BCUT2D eigenvalue weighted by Crippen LogP contribution is -2.65. The van der Waals surface area contributed by atoms with E-state index in [4.69, 9.17) is 23.2 Å². The van der Waals surface area contributed by atoms with Crippen molar-refractivity contribution in [1.82, 2.24) is 10.6 Å². The fraction of sp³-hybridized carbons (Fsp3) is 0.500. The molecule has 0 bridgehead atoms. The summed E-state index contributed by atoms with van der Waals surface area (Å²) in [5.41, 5.74) is 0.527. The molecule has 3 rings (SSSR count). The number of benzene rings is 1. The van der Waals surface area contributed by atoms with Crippen molar-refractivity contribution in [2.24, 2.45) is 0 Å². The summed E-state index contributed by atoms with van der Waals surface area (Å²) in [5, 5.41) is 9.99. The minimum Gasteiger partial charge on any atom is -0.350 e. The van der Waals surface area contributed by atoms with E-state index in [0.717, 1.165) is 25.7 Å². The number of fused-ring (bicyclic) bond motifs is 1. The third-order valence-corrected chi connectivity index (χ3v) is 4.80. The Morgan fingerprint density at radius 1 is 1.13 bits per heavy atom. The Balaban J connectivity index is 1.59. The SMILES string of the molecule is O=C(C[C@@H]1N[C@@H]2CCCC[C@H]2NC1=O)Nc1cc(Cl)cc(Cl)c1. The van der Waals surface area contributed by atoms with Gasteiger partial charge in [-0.15, -0.1) is 0 Å². The van der Waals surface area contributed by atoms with Crippen LogP contribution in [-0.2, 0) is 9.59 Å². The zero-order chi connectivity index (χ0) is 16.4. The fourth-order valence-electron chi connectivity index (χ4n) is 3.30. The maximum absolute atomic E-state index is 12.2. The molecule has 3 atom stereocenters. The van der Waals surface area contributed by atoms with E-state index in [-0.39, 0.29) is 30.3 Å². The van der Waals surface area contributed by atoms with Crippen molar-refractivity contribution >= 4 is 40.7 Å². The number of hydrogen-bond donors (Lipinski definition) is 3. The molecule has 2 fully saturated rings. The smallest absolute Gasteiger partial charge is 0.237 e. The highest BCUT2D eigenvalue weighted by molar-refractivity contribution is 6.35. The minimum absolute atomic E-state index is 0.0825. The fourth-order valence-corrected chi connectivity index (χ4v) is 3.82. The first-order valence-corrected chi connectivity index (χ1v) is 8.59. The highest BCUT2D eigenvalue weighted by Crippen LogP contribution is 2.24. The zero-order valence-corrected chi connectivity index (χ0v) is 14.1. The van der Waals surface area contributed by atoms with Crippen LogP contribution in [0.1, 0.15) is 32.1 Å². The van der Waals surface area contributed by atoms with E-state index < -0.39 is 6.04 Å². The van der Waals surface area contributed by atoms with Crippen molar-refractivity contribution in [3.05, 3.63) is 28.2 Å². The molecule has 0 radical (unpaired) electrons. The molecule has 1 saturated carbocycles. The summed E-state index contributed by atoms with van der Waals surface area (Å²) in [7, 11) is 0. The van der Waals surface area contributed by atoms with Gasteiger partial charge < -0.3 is 16.0 Å². The number of carbonyl (C=O) groups is 2. The summed E-state index contributed by atoms with van der Waals surface area (Å²) < 4.78 is 0. The highest BCUT2D eigenvalue weighted by Gasteiger charge is 2.36. The van der Waals surface area contributed by atoms with E-state index in [1.54, 1.807) is 18.2 Å². The van der Waals surface area contributed by atoms with Crippen molar-refractivity contribution in [2.45, 2.75) is 50.2 Å². The van der Waals surface area contributed by atoms with E-state index in [9.17, 15) is 9.59 Å². The molecule has 1 heterocycles. The van der Waals surface area contributed by atoms with E-state index in [2.05, 4.69) is 16.0 Å². The van der Waals surface area contributed by atoms with Crippen LogP contribution in [0.2, 0.25) is 10.0 Å². The molecule has 3 N–H and O–H groups in total. The number of amides is 2. The lowest BCUT2D eigenvalue weighted by Gasteiger charge is -2.40. The molecule has 0 spiro atoms. The Labute approximate surface area is 145 Å². The first kappa shape index (κ1) is 16.6. The number of piperazine rings is 1. The molecular weight excluding hydrogens is 337 g/mol. The number of nitrogens with one attached hydrogen (secondary N) is 3. The summed E-state index contributed by atoms with van der Waals surface area (Å²) in [6, 6.07) is 4.80. The summed E-state index contributed by atoms with van der Waals surface area (Å²) >= 11 is 11.8. The Bertz CT molecular complexity index is 603. The Hall–Kier alpha value is -1.30. The molecule has 1 aromatic carbocycles. The second-order valence-electron chi connectivity index (χ2n) is 6.14. The molecule has 1 aliphatic carbocycles. The number of halogens is 2. The van der Waals surface area contributed by atoms with Crippen molar-refractivity contribution in [3.63, 3.8) is 0 Å². The summed E-state index contributed by atoms with van der Waals surface area (Å²) in [6.45, 7) is 0. The molecule has 23 heavy (non-hydrogen) atoms. The van der Waals surface area contributed by atoms with E-state index in [0.29, 0.717) is 15.7 Å². The third-order valence-electron chi connectivity index (χ3n) is 4.36. The molecule has 2 amide bonds. The van der Waals surface area contributed by atoms with E-state index >= 15 is 0 Å². The van der Waals surface area contributed by atoms with Gasteiger partial charge in [-0.3, -0.25) is 9.59 Å². The van der Waals surface area contributed by atoms with Gasteiger partial charge in [0.05, 0.1) is 12.5 Å². The Kier molecular flexibility index (Phi) is 5.09. The maximum atomic E-state index is 12.2. The van der Waals surface area contributed by atoms with Crippen LogP contribution in [0, 0.1) is 0 Å². The van der Waals surface area contributed by atoms with Gasteiger partial charge in [-0.25, -0.2) is 0 Å². The van der Waals surface area contributed by atoms with Crippen molar-refractivity contribution in [2.75, 3.05) is 5.32 Å². The van der Waals surface area contributed by atoms with Gasteiger partial charge in [0, 0.05) is 27.8 Å². The van der Waals surface area contributed by atoms with Crippen molar-refractivity contribution < 1.29 is 9.59 Å². The lowest BCUT2D eigenvalue weighted by molar-refractivity contribution is -0.129. The van der Waals surface area contributed by atoms with Crippen LogP contribution in [0.5, 0.6) is 0 Å². The predicted molar refractivity (Wildman–Crippen MR) is 90.8 cm³/mol. The number of carbonyl (C=O) groups excluding carboxylic acids is 2. The largest absolute Gasteiger partial charge is 0.350 e. The lowest BCUT2D eigenvalue weighted by atomic mass is 9.87. The van der Waals surface area contributed by atoms with Gasteiger partial charge in [-0.05, 0) is 31.0 Å². The average Bonchev–Trinajstić information content (AvgIpc) is 2.46. The molecule has 5 nitrogen and oxygen atoms in total. The predicted octanol–water partition coefficient (Wildman–Crippen LogP) is 2.72. The number of hydrogen-bond acceptors (Lipinski definition) is 3. The van der Waals surface area contributed by atoms with Gasteiger partial charge in [-0.1, -0.05) is 36.0 Å². The van der Waals surface area contributed by atoms with E-state index in [1.807, 2.05) is 0 Å². The van der Waals surface area contributed by atoms with Crippen LogP contribution >= 0.6 is 23.2 Å².